The second-order valence-corrected chi connectivity index (χ2v) is 5.59. The standard InChI is InChI=1S/C12H16ClN3O3/c1-12(2)7-8(5-6-19-12)14-11-9(16(17)18)3-4-10(13)15-11/h3-4,8H,5-7H2,1-2H3,(H,14,15). The molecule has 0 radical (unpaired) electrons. The van der Waals surface area contributed by atoms with Crippen molar-refractivity contribution >= 4 is 23.1 Å². The van der Waals surface area contributed by atoms with Gasteiger partial charge in [-0.05, 0) is 32.8 Å². The van der Waals surface area contributed by atoms with Crippen LogP contribution >= 0.6 is 11.6 Å². The molecule has 0 spiro atoms. The van der Waals surface area contributed by atoms with E-state index in [1.165, 1.54) is 12.1 Å². The first-order valence-corrected chi connectivity index (χ1v) is 6.47. The lowest BCUT2D eigenvalue weighted by Crippen LogP contribution is -2.40. The Hall–Kier alpha value is -1.40. The van der Waals surface area contributed by atoms with E-state index < -0.39 is 4.92 Å². The Balaban J connectivity index is 2.18. The summed E-state index contributed by atoms with van der Waals surface area (Å²) in [6.45, 7) is 4.63. The first kappa shape index (κ1) is 14.0. The number of hydrogen-bond acceptors (Lipinski definition) is 5. The molecule has 0 aromatic carbocycles. The summed E-state index contributed by atoms with van der Waals surface area (Å²) in [4.78, 5) is 14.5. The Morgan fingerprint density at radius 2 is 2.32 bits per heavy atom. The van der Waals surface area contributed by atoms with E-state index in [9.17, 15) is 10.1 Å². The highest BCUT2D eigenvalue weighted by atomic mass is 35.5. The van der Waals surface area contributed by atoms with Crippen molar-refractivity contribution in [3.63, 3.8) is 0 Å². The fraction of sp³-hybridized carbons (Fsp3) is 0.583. The van der Waals surface area contributed by atoms with Gasteiger partial charge in [0.2, 0.25) is 5.82 Å². The zero-order valence-corrected chi connectivity index (χ0v) is 11.6. The Morgan fingerprint density at radius 3 is 2.95 bits per heavy atom. The van der Waals surface area contributed by atoms with Gasteiger partial charge in [0.1, 0.15) is 5.15 Å². The number of pyridine rings is 1. The van der Waals surface area contributed by atoms with Gasteiger partial charge in [0, 0.05) is 18.7 Å². The summed E-state index contributed by atoms with van der Waals surface area (Å²) >= 11 is 5.80. The second kappa shape index (κ2) is 5.30. The zero-order chi connectivity index (χ0) is 14.0. The summed E-state index contributed by atoms with van der Waals surface area (Å²) in [7, 11) is 0. The summed E-state index contributed by atoms with van der Waals surface area (Å²) in [5.41, 5.74) is -0.294. The van der Waals surface area contributed by atoms with Crippen molar-refractivity contribution in [1.82, 2.24) is 4.98 Å². The van der Waals surface area contributed by atoms with Gasteiger partial charge in [0.25, 0.3) is 0 Å². The molecule has 0 bridgehead atoms. The lowest BCUT2D eigenvalue weighted by atomic mass is 9.94. The molecule has 19 heavy (non-hydrogen) atoms. The van der Waals surface area contributed by atoms with Crippen molar-refractivity contribution in [1.29, 1.82) is 0 Å². The predicted molar refractivity (Wildman–Crippen MR) is 72.6 cm³/mol. The molecule has 1 unspecified atom stereocenters. The number of nitro groups is 1. The van der Waals surface area contributed by atoms with Gasteiger partial charge in [-0.25, -0.2) is 4.98 Å². The lowest BCUT2D eigenvalue weighted by molar-refractivity contribution is -0.384. The van der Waals surface area contributed by atoms with Crippen LogP contribution in [-0.4, -0.2) is 28.2 Å². The SMILES string of the molecule is CC1(C)CC(Nc2nc(Cl)ccc2[N+](=O)[O-])CCO1. The molecule has 1 aliphatic rings. The van der Waals surface area contributed by atoms with Crippen molar-refractivity contribution in [2.24, 2.45) is 0 Å². The molecule has 6 nitrogen and oxygen atoms in total. The molecule has 1 atom stereocenters. The normalized spacial score (nSPS) is 21.9. The number of ether oxygens (including phenoxy) is 1. The first-order chi connectivity index (χ1) is 8.87. The molecule has 0 aliphatic carbocycles. The molecule has 0 saturated carbocycles. The molecule has 0 amide bonds. The third-order valence-corrected chi connectivity index (χ3v) is 3.29. The van der Waals surface area contributed by atoms with Gasteiger partial charge in [0.15, 0.2) is 0 Å². The van der Waals surface area contributed by atoms with E-state index in [4.69, 9.17) is 16.3 Å². The highest BCUT2D eigenvalue weighted by Crippen LogP contribution is 2.29. The molecule has 2 heterocycles. The van der Waals surface area contributed by atoms with Gasteiger partial charge in [0.05, 0.1) is 10.5 Å². The van der Waals surface area contributed by atoms with Gasteiger partial charge in [-0.2, -0.15) is 0 Å². The number of rotatable bonds is 3. The van der Waals surface area contributed by atoms with Crippen LogP contribution in [-0.2, 0) is 4.74 Å². The quantitative estimate of drug-likeness (QED) is 0.525. The minimum Gasteiger partial charge on any atom is -0.375 e. The largest absolute Gasteiger partial charge is 0.375 e. The monoisotopic (exact) mass is 285 g/mol. The summed E-state index contributed by atoms with van der Waals surface area (Å²) in [5, 5.41) is 14.3. The first-order valence-electron chi connectivity index (χ1n) is 6.09. The minimum atomic E-state index is -0.462. The van der Waals surface area contributed by atoms with Crippen molar-refractivity contribution in [3.8, 4) is 0 Å². The summed E-state index contributed by atoms with van der Waals surface area (Å²) in [6.07, 6.45) is 1.55. The fourth-order valence-electron chi connectivity index (χ4n) is 2.23. The Morgan fingerprint density at radius 1 is 1.58 bits per heavy atom. The number of aromatic nitrogens is 1. The van der Waals surface area contributed by atoms with E-state index in [-0.39, 0.29) is 28.3 Å². The van der Waals surface area contributed by atoms with E-state index >= 15 is 0 Å². The summed E-state index contributed by atoms with van der Waals surface area (Å²) in [6, 6.07) is 2.87. The van der Waals surface area contributed by atoms with E-state index in [1.807, 2.05) is 13.8 Å². The van der Waals surface area contributed by atoms with Crippen LogP contribution in [0.1, 0.15) is 26.7 Å². The topological polar surface area (TPSA) is 77.3 Å². The van der Waals surface area contributed by atoms with Crippen molar-refractivity contribution in [3.05, 3.63) is 27.4 Å². The molecular weight excluding hydrogens is 270 g/mol. The maximum atomic E-state index is 11.0. The molecule has 104 valence electrons. The van der Waals surface area contributed by atoms with Gasteiger partial charge in [-0.1, -0.05) is 11.6 Å². The van der Waals surface area contributed by atoms with Crippen LogP contribution < -0.4 is 5.32 Å². The molecule has 1 aliphatic heterocycles. The molecule has 1 aromatic rings. The summed E-state index contributed by atoms with van der Waals surface area (Å²) < 4.78 is 5.61. The van der Waals surface area contributed by atoms with E-state index in [1.54, 1.807) is 0 Å². The Kier molecular flexibility index (Phi) is 3.91. The highest BCUT2D eigenvalue weighted by molar-refractivity contribution is 6.29. The molecule has 1 N–H and O–H groups in total. The van der Waals surface area contributed by atoms with E-state index in [0.29, 0.717) is 6.61 Å². The molecule has 1 aromatic heterocycles. The maximum absolute atomic E-state index is 11.0. The second-order valence-electron chi connectivity index (χ2n) is 5.20. The third kappa shape index (κ3) is 3.54. The molecular formula is C12H16ClN3O3. The van der Waals surface area contributed by atoms with Gasteiger partial charge < -0.3 is 10.1 Å². The average Bonchev–Trinajstić information content (AvgIpc) is 2.27. The molecule has 1 fully saturated rings. The van der Waals surface area contributed by atoms with E-state index in [2.05, 4.69) is 10.3 Å². The van der Waals surface area contributed by atoms with Gasteiger partial charge >= 0.3 is 5.69 Å². The predicted octanol–water partition coefficient (Wildman–Crippen LogP) is 3.01. The number of hydrogen-bond donors (Lipinski definition) is 1. The number of halogens is 1. The highest BCUT2D eigenvalue weighted by Gasteiger charge is 2.30. The van der Waals surface area contributed by atoms with Gasteiger partial charge in [-0.3, -0.25) is 10.1 Å². The van der Waals surface area contributed by atoms with Crippen LogP contribution in [0, 0.1) is 10.1 Å². The van der Waals surface area contributed by atoms with Crippen LogP contribution in [0.15, 0.2) is 12.1 Å². The van der Waals surface area contributed by atoms with Crippen LogP contribution in [0.2, 0.25) is 5.15 Å². The van der Waals surface area contributed by atoms with Crippen LogP contribution in [0.5, 0.6) is 0 Å². The Bertz CT molecular complexity index is 493. The Labute approximate surface area is 116 Å². The van der Waals surface area contributed by atoms with Gasteiger partial charge in [-0.15, -0.1) is 0 Å². The smallest absolute Gasteiger partial charge is 0.311 e. The number of anilines is 1. The summed E-state index contributed by atoms with van der Waals surface area (Å²) in [5.74, 6) is 0.222. The fourth-order valence-corrected chi connectivity index (χ4v) is 2.38. The molecule has 2 rings (SSSR count). The molecule has 1 saturated heterocycles. The van der Waals surface area contributed by atoms with Crippen LogP contribution in [0.3, 0.4) is 0 Å². The lowest BCUT2D eigenvalue weighted by Gasteiger charge is -2.35. The maximum Gasteiger partial charge on any atom is 0.311 e. The van der Waals surface area contributed by atoms with Crippen molar-refractivity contribution in [2.75, 3.05) is 11.9 Å². The average molecular weight is 286 g/mol. The number of nitrogens with zero attached hydrogens (tertiary/aromatic N) is 2. The third-order valence-electron chi connectivity index (χ3n) is 3.07. The minimum absolute atomic E-state index is 0.0614. The number of nitrogens with one attached hydrogen (secondary N) is 1. The van der Waals surface area contributed by atoms with Crippen LogP contribution in [0.25, 0.3) is 0 Å². The van der Waals surface area contributed by atoms with E-state index in [0.717, 1.165) is 12.8 Å². The zero-order valence-electron chi connectivity index (χ0n) is 10.9. The van der Waals surface area contributed by atoms with Crippen LogP contribution in [0.4, 0.5) is 11.5 Å². The van der Waals surface area contributed by atoms with Crippen molar-refractivity contribution in [2.45, 2.75) is 38.3 Å². The molecule has 7 heteroatoms. The van der Waals surface area contributed by atoms with Crippen molar-refractivity contribution < 1.29 is 9.66 Å².